The highest BCUT2D eigenvalue weighted by molar-refractivity contribution is 4.75. The summed E-state index contributed by atoms with van der Waals surface area (Å²) in [6, 6.07) is 0. The van der Waals surface area contributed by atoms with Gasteiger partial charge >= 0.3 is 0 Å². The molecule has 0 spiro atoms. The summed E-state index contributed by atoms with van der Waals surface area (Å²) >= 11 is 0. The van der Waals surface area contributed by atoms with Crippen LogP contribution in [0.2, 0.25) is 0 Å². The van der Waals surface area contributed by atoms with Crippen molar-refractivity contribution in [2.24, 2.45) is 0 Å². The van der Waals surface area contributed by atoms with Gasteiger partial charge < -0.3 is 14.6 Å². The van der Waals surface area contributed by atoms with Crippen LogP contribution in [0.5, 0.6) is 0 Å². The molecule has 0 rings (SSSR count). The number of hydrogen-bond acceptors (Lipinski definition) is 3. The molecule has 0 amide bonds. The zero-order chi connectivity index (χ0) is 16.5. The van der Waals surface area contributed by atoms with Crippen LogP contribution in [0, 0.1) is 0 Å². The minimum atomic E-state index is -0.349. The number of ether oxygens (including phenoxy) is 2. The zero-order valence-corrected chi connectivity index (χ0v) is 14.9. The minimum absolute atomic E-state index is 0.0967. The van der Waals surface area contributed by atoms with E-state index in [1.165, 1.54) is 57.8 Å². The van der Waals surface area contributed by atoms with Crippen LogP contribution in [-0.4, -0.2) is 31.2 Å². The molecule has 2 atom stereocenters. The second kappa shape index (κ2) is 17.0. The van der Waals surface area contributed by atoms with Gasteiger partial charge in [0.2, 0.25) is 0 Å². The topological polar surface area (TPSA) is 38.7 Å². The van der Waals surface area contributed by atoms with Crippen LogP contribution in [0.3, 0.4) is 0 Å². The molecule has 22 heavy (non-hydrogen) atoms. The molecule has 3 nitrogen and oxygen atoms in total. The summed E-state index contributed by atoms with van der Waals surface area (Å²) in [5.74, 6) is 0. The van der Waals surface area contributed by atoms with Crippen LogP contribution in [0.15, 0.2) is 12.7 Å². The van der Waals surface area contributed by atoms with Crippen molar-refractivity contribution in [2.45, 2.75) is 96.2 Å². The molecule has 1 N–H and O–H groups in total. The van der Waals surface area contributed by atoms with E-state index in [1.54, 1.807) is 13.2 Å². The van der Waals surface area contributed by atoms with Gasteiger partial charge in [-0.25, -0.2) is 0 Å². The predicted molar refractivity (Wildman–Crippen MR) is 94.0 cm³/mol. The largest absolute Gasteiger partial charge is 0.393 e. The molecule has 0 aromatic rings. The number of aliphatic hydroxyl groups excluding tert-OH is 1. The Hall–Kier alpha value is -0.380. The third kappa shape index (κ3) is 14.6. The molecular formula is C19H38O3. The minimum Gasteiger partial charge on any atom is -0.393 e. The van der Waals surface area contributed by atoms with Gasteiger partial charge in [-0.1, -0.05) is 70.8 Å². The van der Waals surface area contributed by atoms with E-state index < -0.39 is 0 Å². The van der Waals surface area contributed by atoms with E-state index in [-0.39, 0.29) is 12.2 Å². The second-order valence-electron chi connectivity index (χ2n) is 6.23. The van der Waals surface area contributed by atoms with Crippen molar-refractivity contribution in [3.8, 4) is 0 Å². The maximum Gasteiger partial charge on any atom is 0.146 e. The monoisotopic (exact) mass is 314 g/mol. The van der Waals surface area contributed by atoms with E-state index in [4.69, 9.17) is 9.47 Å². The van der Waals surface area contributed by atoms with Crippen molar-refractivity contribution in [1.29, 1.82) is 0 Å². The molecule has 0 bridgehead atoms. The van der Waals surface area contributed by atoms with Gasteiger partial charge in [-0.05, 0) is 19.3 Å². The standard InChI is InChI=1S/C19H38O3/c1-4-6-7-8-9-10-11-12-13-15-19(22-17-21-3)16-18(20)14-5-2/h5,18-20H,2,4,6-17H2,1,3H3/t18-,19-/m1/s1. The Morgan fingerprint density at radius 1 is 1.00 bits per heavy atom. The van der Waals surface area contributed by atoms with E-state index in [0.29, 0.717) is 19.6 Å². The van der Waals surface area contributed by atoms with Gasteiger partial charge in [0.15, 0.2) is 0 Å². The number of rotatable bonds is 17. The van der Waals surface area contributed by atoms with E-state index in [9.17, 15) is 5.11 Å². The van der Waals surface area contributed by atoms with E-state index >= 15 is 0 Å². The van der Waals surface area contributed by atoms with Gasteiger partial charge in [0, 0.05) is 7.11 Å². The lowest BCUT2D eigenvalue weighted by atomic mass is 10.0. The average Bonchev–Trinajstić information content (AvgIpc) is 2.51. The molecule has 0 aromatic carbocycles. The third-order valence-corrected chi connectivity index (χ3v) is 4.02. The van der Waals surface area contributed by atoms with E-state index in [1.807, 2.05) is 0 Å². The molecule has 0 aliphatic carbocycles. The molecule has 0 aliphatic rings. The fraction of sp³-hybridized carbons (Fsp3) is 0.895. The van der Waals surface area contributed by atoms with Crippen LogP contribution in [0.4, 0.5) is 0 Å². The molecule has 0 saturated carbocycles. The highest BCUT2D eigenvalue weighted by Crippen LogP contribution is 2.16. The Kier molecular flexibility index (Phi) is 16.7. The number of unbranched alkanes of at least 4 members (excludes halogenated alkanes) is 8. The van der Waals surface area contributed by atoms with Crippen molar-refractivity contribution in [2.75, 3.05) is 13.9 Å². The average molecular weight is 315 g/mol. The first-order valence-corrected chi connectivity index (χ1v) is 9.14. The molecule has 0 fully saturated rings. The number of aliphatic hydroxyl groups is 1. The maximum absolute atomic E-state index is 9.87. The highest BCUT2D eigenvalue weighted by Gasteiger charge is 2.14. The van der Waals surface area contributed by atoms with E-state index in [2.05, 4.69) is 13.5 Å². The Morgan fingerprint density at radius 2 is 1.59 bits per heavy atom. The lowest BCUT2D eigenvalue weighted by Gasteiger charge is -2.20. The van der Waals surface area contributed by atoms with E-state index in [0.717, 1.165) is 6.42 Å². The summed E-state index contributed by atoms with van der Waals surface area (Å²) in [6.07, 6.45) is 15.8. The summed E-state index contributed by atoms with van der Waals surface area (Å²) in [7, 11) is 1.63. The fourth-order valence-corrected chi connectivity index (χ4v) is 2.71. The lowest BCUT2D eigenvalue weighted by molar-refractivity contribution is -0.0869. The molecule has 0 heterocycles. The highest BCUT2D eigenvalue weighted by atomic mass is 16.7. The molecule has 3 heteroatoms. The van der Waals surface area contributed by atoms with Crippen molar-refractivity contribution in [1.82, 2.24) is 0 Å². The molecular weight excluding hydrogens is 276 g/mol. The zero-order valence-electron chi connectivity index (χ0n) is 14.9. The molecule has 0 aliphatic heterocycles. The number of methoxy groups -OCH3 is 1. The van der Waals surface area contributed by atoms with Gasteiger partial charge in [-0.15, -0.1) is 6.58 Å². The Bertz CT molecular complexity index is 231. The number of hydrogen-bond donors (Lipinski definition) is 1. The normalized spacial score (nSPS) is 14.0. The molecule has 0 saturated heterocycles. The first-order valence-electron chi connectivity index (χ1n) is 9.14. The van der Waals surface area contributed by atoms with Gasteiger partial charge in [0.25, 0.3) is 0 Å². The fourth-order valence-electron chi connectivity index (χ4n) is 2.71. The van der Waals surface area contributed by atoms with Crippen molar-refractivity contribution in [3.05, 3.63) is 12.7 Å². The molecule has 0 aromatic heterocycles. The Balaban J connectivity index is 3.63. The third-order valence-electron chi connectivity index (χ3n) is 4.02. The summed E-state index contributed by atoms with van der Waals surface area (Å²) in [5.41, 5.74) is 0. The quantitative estimate of drug-likeness (QED) is 0.227. The van der Waals surface area contributed by atoms with Gasteiger partial charge in [0.1, 0.15) is 6.79 Å². The van der Waals surface area contributed by atoms with Crippen LogP contribution >= 0.6 is 0 Å². The predicted octanol–water partition coefficient (Wildman–Crippen LogP) is 5.22. The van der Waals surface area contributed by atoms with Crippen LogP contribution in [0.1, 0.15) is 84.0 Å². The van der Waals surface area contributed by atoms with Crippen LogP contribution in [0.25, 0.3) is 0 Å². The smallest absolute Gasteiger partial charge is 0.146 e. The first-order chi connectivity index (χ1) is 10.7. The molecule has 132 valence electrons. The van der Waals surface area contributed by atoms with Crippen molar-refractivity contribution in [3.63, 3.8) is 0 Å². The maximum atomic E-state index is 9.87. The lowest BCUT2D eigenvalue weighted by Crippen LogP contribution is -2.21. The van der Waals surface area contributed by atoms with Crippen molar-refractivity contribution < 1.29 is 14.6 Å². The second-order valence-corrected chi connectivity index (χ2v) is 6.23. The summed E-state index contributed by atoms with van der Waals surface area (Å²) in [5, 5.41) is 9.87. The Labute approximate surface area is 138 Å². The van der Waals surface area contributed by atoms with Crippen molar-refractivity contribution >= 4 is 0 Å². The Morgan fingerprint density at radius 3 is 2.14 bits per heavy atom. The van der Waals surface area contributed by atoms with Crippen LogP contribution < -0.4 is 0 Å². The summed E-state index contributed by atoms with van der Waals surface area (Å²) in [4.78, 5) is 0. The van der Waals surface area contributed by atoms with Gasteiger partial charge in [-0.2, -0.15) is 0 Å². The van der Waals surface area contributed by atoms with Gasteiger partial charge in [0.05, 0.1) is 12.2 Å². The van der Waals surface area contributed by atoms with Gasteiger partial charge in [-0.3, -0.25) is 0 Å². The summed E-state index contributed by atoms with van der Waals surface area (Å²) < 4.78 is 10.6. The first kappa shape index (κ1) is 21.6. The SMILES string of the molecule is C=CC[C@@H](O)C[C@@H](CCCCCCCCCCC)OCOC. The van der Waals surface area contributed by atoms with Crippen LogP contribution in [-0.2, 0) is 9.47 Å². The molecule has 0 unspecified atom stereocenters. The molecule has 0 radical (unpaired) electrons. The summed E-state index contributed by atoms with van der Waals surface area (Å²) in [6.45, 7) is 6.23.